The van der Waals surface area contributed by atoms with Crippen LogP contribution in [0.25, 0.3) is 0 Å². The highest BCUT2D eigenvalue weighted by Crippen LogP contribution is 2.08. The molecule has 0 aliphatic heterocycles. The average Bonchev–Trinajstić information content (AvgIpc) is 2.52. The molecule has 104 valence electrons. The van der Waals surface area contributed by atoms with Crippen LogP contribution in [0.15, 0.2) is 48.5 Å². The van der Waals surface area contributed by atoms with E-state index in [0.29, 0.717) is 17.5 Å². The molecule has 2 aromatic rings. The van der Waals surface area contributed by atoms with E-state index in [0.717, 1.165) is 5.56 Å². The van der Waals surface area contributed by atoms with Gasteiger partial charge in [-0.3, -0.25) is 4.79 Å². The molecule has 3 nitrogen and oxygen atoms in total. The molecule has 0 fully saturated rings. The molecule has 0 unspecified atom stereocenters. The van der Waals surface area contributed by atoms with Crippen LogP contribution in [0, 0.1) is 11.8 Å². The maximum absolute atomic E-state index is 11.6. The molecule has 0 amide bonds. The molecule has 21 heavy (non-hydrogen) atoms. The van der Waals surface area contributed by atoms with E-state index in [-0.39, 0.29) is 11.3 Å². The van der Waals surface area contributed by atoms with Crippen LogP contribution in [0.4, 0.5) is 0 Å². The molecule has 0 aliphatic carbocycles. The number of hydrogen-bond donors (Lipinski definition) is 1. The van der Waals surface area contributed by atoms with Crippen molar-refractivity contribution in [3.05, 3.63) is 70.8 Å². The van der Waals surface area contributed by atoms with E-state index in [4.69, 9.17) is 5.11 Å². The first-order chi connectivity index (χ1) is 10.1. The van der Waals surface area contributed by atoms with Gasteiger partial charge in [0.25, 0.3) is 0 Å². The summed E-state index contributed by atoms with van der Waals surface area (Å²) in [7, 11) is 0. The molecular formula is C18H14O3. The number of hydrogen-bond acceptors (Lipinski definition) is 2. The van der Waals surface area contributed by atoms with Gasteiger partial charge in [-0.05, 0) is 30.3 Å². The van der Waals surface area contributed by atoms with Crippen molar-refractivity contribution in [2.75, 3.05) is 0 Å². The van der Waals surface area contributed by atoms with Crippen LogP contribution in [0.2, 0.25) is 0 Å². The lowest BCUT2D eigenvalue weighted by atomic mass is 10.1. The van der Waals surface area contributed by atoms with Crippen molar-refractivity contribution in [3.8, 4) is 11.8 Å². The highest BCUT2D eigenvalue weighted by molar-refractivity contribution is 5.96. The molecule has 0 bridgehead atoms. The van der Waals surface area contributed by atoms with Gasteiger partial charge in [0.05, 0.1) is 5.56 Å². The topological polar surface area (TPSA) is 54.4 Å². The Hall–Kier alpha value is -2.86. The SMILES string of the molecule is CCC(=O)c1cccc(C#Cc2cccc(C(=O)O)c2)c1. The number of aromatic carboxylic acids is 1. The first kappa shape index (κ1) is 14.5. The molecule has 0 aliphatic rings. The summed E-state index contributed by atoms with van der Waals surface area (Å²) in [4.78, 5) is 22.5. The molecule has 2 rings (SSSR count). The molecule has 0 atom stereocenters. The molecular weight excluding hydrogens is 264 g/mol. The number of carbonyl (C=O) groups is 2. The summed E-state index contributed by atoms with van der Waals surface area (Å²) in [5.41, 5.74) is 2.21. The minimum atomic E-state index is -0.978. The van der Waals surface area contributed by atoms with E-state index in [2.05, 4.69) is 11.8 Å². The Kier molecular flexibility index (Phi) is 4.53. The van der Waals surface area contributed by atoms with Crippen LogP contribution < -0.4 is 0 Å². The van der Waals surface area contributed by atoms with Gasteiger partial charge in [0, 0.05) is 23.1 Å². The van der Waals surface area contributed by atoms with E-state index in [1.165, 1.54) is 12.1 Å². The van der Waals surface area contributed by atoms with Crippen molar-refractivity contribution in [2.24, 2.45) is 0 Å². The van der Waals surface area contributed by atoms with E-state index in [9.17, 15) is 9.59 Å². The average molecular weight is 278 g/mol. The Labute approximate surface area is 123 Å². The zero-order valence-corrected chi connectivity index (χ0v) is 11.6. The lowest BCUT2D eigenvalue weighted by Crippen LogP contribution is -1.96. The van der Waals surface area contributed by atoms with Crippen molar-refractivity contribution in [1.29, 1.82) is 0 Å². The lowest BCUT2D eigenvalue weighted by molar-refractivity contribution is 0.0696. The maximum Gasteiger partial charge on any atom is 0.335 e. The molecule has 2 aromatic carbocycles. The van der Waals surface area contributed by atoms with Crippen LogP contribution in [-0.2, 0) is 0 Å². The molecule has 0 saturated carbocycles. The normalized spacial score (nSPS) is 9.57. The molecule has 3 heteroatoms. The third kappa shape index (κ3) is 3.80. The highest BCUT2D eigenvalue weighted by Gasteiger charge is 2.03. The van der Waals surface area contributed by atoms with Crippen molar-refractivity contribution < 1.29 is 14.7 Å². The number of carbonyl (C=O) groups excluding carboxylic acids is 1. The summed E-state index contributed by atoms with van der Waals surface area (Å²) in [6.45, 7) is 1.82. The Bertz CT molecular complexity index is 748. The van der Waals surface area contributed by atoms with Gasteiger partial charge in [-0.25, -0.2) is 4.79 Å². The first-order valence-corrected chi connectivity index (χ1v) is 6.59. The second-order valence-electron chi connectivity index (χ2n) is 4.49. The van der Waals surface area contributed by atoms with Crippen molar-refractivity contribution in [1.82, 2.24) is 0 Å². The van der Waals surface area contributed by atoms with Gasteiger partial charge >= 0.3 is 5.97 Å². The Balaban J connectivity index is 2.29. The second-order valence-corrected chi connectivity index (χ2v) is 4.49. The molecule has 1 N–H and O–H groups in total. The number of Topliss-reactive ketones (excluding diaryl/α,β-unsaturated/α-hetero) is 1. The molecule has 0 saturated heterocycles. The minimum absolute atomic E-state index is 0.0755. The Morgan fingerprint density at radius 3 is 2.00 bits per heavy atom. The number of carboxylic acid groups (broad SMARTS) is 1. The molecule has 0 heterocycles. The molecule has 0 radical (unpaired) electrons. The highest BCUT2D eigenvalue weighted by atomic mass is 16.4. The van der Waals surface area contributed by atoms with Crippen LogP contribution >= 0.6 is 0 Å². The monoisotopic (exact) mass is 278 g/mol. The van der Waals surface area contributed by atoms with Gasteiger partial charge in [0.2, 0.25) is 0 Å². The van der Waals surface area contributed by atoms with E-state index in [1.54, 1.807) is 30.3 Å². The van der Waals surface area contributed by atoms with Crippen LogP contribution in [0.5, 0.6) is 0 Å². The van der Waals surface area contributed by atoms with Crippen molar-refractivity contribution >= 4 is 11.8 Å². The van der Waals surface area contributed by atoms with Gasteiger partial charge < -0.3 is 5.11 Å². The second kappa shape index (κ2) is 6.53. The third-order valence-electron chi connectivity index (χ3n) is 2.97. The lowest BCUT2D eigenvalue weighted by Gasteiger charge is -1.98. The maximum atomic E-state index is 11.6. The summed E-state index contributed by atoms with van der Waals surface area (Å²) in [6.07, 6.45) is 0.456. The quantitative estimate of drug-likeness (QED) is 0.691. The zero-order valence-electron chi connectivity index (χ0n) is 11.6. The first-order valence-electron chi connectivity index (χ1n) is 6.59. The fraction of sp³-hybridized carbons (Fsp3) is 0.111. The smallest absolute Gasteiger partial charge is 0.335 e. The molecule has 0 aromatic heterocycles. The van der Waals surface area contributed by atoms with E-state index in [1.807, 2.05) is 13.0 Å². The summed E-state index contributed by atoms with van der Waals surface area (Å²) in [6, 6.07) is 13.6. The number of ketones is 1. The number of rotatable bonds is 3. The largest absolute Gasteiger partial charge is 0.478 e. The van der Waals surface area contributed by atoms with E-state index < -0.39 is 5.97 Å². The van der Waals surface area contributed by atoms with Gasteiger partial charge in [-0.15, -0.1) is 0 Å². The van der Waals surface area contributed by atoms with Crippen LogP contribution in [0.1, 0.15) is 45.2 Å². The fourth-order valence-corrected chi connectivity index (χ4v) is 1.85. The van der Waals surface area contributed by atoms with Crippen molar-refractivity contribution in [3.63, 3.8) is 0 Å². The van der Waals surface area contributed by atoms with Gasteiger partial charge in [-0.1, -0.05) is 37.0 Å². The fourth-order valence-electron chi connectivity index (χ4n) is 1.85. The predicted molar refractivity (Wildman–Crippen MR) is 80.4 cm³/mol. The predicted octanol–water partition coefficient (Wildman–Crippen LogP) is 3.38. The van der Waals surface area contributed by atoms with Gasteiger partial charge in [-0.2, -0.15) is 0 Å². The van der Waals surface area contributed by atoms with Gasteiger partial charge in [0.15, 0.2) is 5.78 Å². The van der Waals surface area contributed by atoms with Crippen LogP contribution in [-0.4, -0.2) is 16.9 Å². The van der Waals surface area contributed by atoms with Gasteiger partial charge in [0.1, 0.15) is 0 Å². The van der Waals surface area contributed by atoms with Crippen molar-refractivity contribution in [2.45, 2.75) is 13.3 Å². The Morgan fingerprint density at radius 2 is 1.48 bits per heavy atom. The minimum Gasteiger partial charge on any atom is -0.478 e. The summed E-state index contributed by atoms with van der Waals surface area (Å²) in [5, 5.41) is 8.93. The number of benzene rings is 2. The summed E-state index contributed by atoms with van der Waals surface area (Å²) < 4.78 is 0. The third-order valence-corrected chi connectivity index (χ3v) is 2.97. The number of carboxylic acids is 1. The standard InChI is InChI=1S/C18H14O3/c1-2-17(19)15-7-3-5-13(11-15)9-10-14-6-4-8-16(12-14)18(20)21/h3-8,11-12H,2H2,1H3,(H,20,21). The Morgan fingerprint density at radius 1 is 0.952 bits per heavy atom. The summed E-state index contributed by atoms with van der Waals surface area (Å²) >= 11 is 0. The molecule has 0 spiro atoms. The van der Waals surface area contributed by atoms with Crippen LogP contribution in [0.3, 0.4) is 0 Å². The zero-order chi connectivity index (χ0) is 15.2. The van der Waals surface area contributed by atoms with E-state index >= 15 is 0 Å². The summed E-state index contributed by atoms with van der Waals surface area (Å²) in [5.74, 6) is 4.96.